The number of nitrogens with zero attached hydrogens (tertiary/aromatic N) is 2. The van der Waals surface area contributed by atoms with Crippen molar-refractivity contribution < 1.29 is 4.79 Å². The van der Waals surface area contributed by atoms with Gasteiger partial charge in [0, 0.05) is 11.9 Å². The fraction of sp³-hybridized carbons (Fsp3) is 0. The normalized spacial score (nSPS) is 10.1. The van der Waals surface area contributed by atoms with Crippen molar-refractivity contribution in [2.45, 2.75) is 0 Å². The van der Waals surface area contributed by atoms with Crippen LogP contribution in [0.3, 0.4) is 0 Å². The summed E-state index contributed by atoms with van der Waals surface area (Å²) in [4.78, 5) is 10.8. The summed E-state index contributed by atoms with van der Waals surface area (Å²) in [5, 5.41) is 4.01. The van der Waals surface area contributed by atoms with E-state index in [1.165, 1.54) is 6.20 Å². The molecule has 0 fully saturated rings. The van der Waals surface area contributed by atoms with Gasteiger partial charge in [-0.2, -0.15) is 5.10 Å². The summed E-state index contributed by atoms with van der Waals surface area (Å²) < 4.78 is 1.57. The highest BCUT2D eigenvalue weighted by Crippen LogP contribution is 2.10. The third-order valence-corrected chi connectivity index (χ3v) is 2.02. The average molecular weight is 202 g/mol. The van der Waals surface area contributed by atoms with Crippen LogP contribution in [0.4, 0.5) is 5.69 Å². The monoisotopic (exact) mass is 202 g/mol. The lowest BCUT2D eigenvalue weighted by Gasteiger charge is -2.00. The highest BCUT2D eigenvalue weighted by Gasteiger charge is 2.04. The van der Waals surface area contributed by atoms with Gasteiger partial charge in [0.25, 0.3) is 5.91 Å². The molecule has 1 amide bonds. The number of carbonyl (C=O) groups excluding carboxylic acids is 1. The van der Waals surface area contributed by atoms with E-state index in [4.69, 9.17) is 11.5 Å². The fourth-order valence-electron chi connectivity index (χ4n) is 1.22. The molecular weight excluding hydrogens is 192 g/mol. The maximum absolute atomic E-state index is 10.8. The first-order chi connectivity index (χ1) is 7.16. The lowest BCUT2D eigenvalue weighted by atomic mass is 10.3. The topological polar surface area (TPSA) is 86.9 Å². The van der Waals surface area contributed by atoms with Crippen LogP contribution in [-0.2, 0) is 0 Å². The number of rotatable bonds is 2. The van der Waals surface area contributed by atoms with Crippen LogP contribution in [0.1, 0.15) is 10.4 Å². The van der Waals surface area contributed by atoms with Crippen LogP contribution in [0.2, 0.25) is 0 Å². The summed E-state index contributed by atoms with van der Waals surface area (Å²) >= 11 is 0. The number of aromatic nitrogens is 2. The van der Waals surface area contributed by atoms with E-state index in [0.717, 1.165) is 5.69 Å². The van der Waals surface area contributed by atoms with Gasteiger partial charge in [-0.1, -0.05) is 0 Å². The van der Waals surface area contributed by atoms with Gasteiger partial charge in [0.1, 0.15) is 0 Å². The summed E-state index contributed by atoms with van der Waals surface area (Å²) in [6, 6.07) is 7.15. The number of amides is 1. The van der Waals surface area contributed by atoms with E-state index < -0.39 is 5.91 Å². The molecule has 0 aliphatic carbocycles. The van der Waals surface area contributed by atoms with Gasteiger partial charge < -0.3 is 11.5 Å². The molecule has 1 aromatic heterocycles. The lowest BCUT2D eigenvalue weighted by molar-refractivity contribution is 0.100. The van der Waals surface area contributed by atoms with Gasteiger partial charge in [-0.3, -0.25) is 4.79 Å². The second kappa shape index (κ2) is 3.45. The van der Waals surface area contributed by atoms with Crippen LogP contribution in [0, 0.1) is 0 Å². The molecule has 0 aliphatic heterocycles. The van der Waals surface area contributed by atoms with Crippen molar-refractivity contribution in [1.29, 1.82) is 0 Å². The van der Waals surface area contributed by atoms with Gasteiger partial charge in [0.2, 0.25) is 0 Å². The molecule has 4 N–H and O–H groups in total. The molecule has 1 heterocycles. The minimum absolute atomic E-state index is 0.381. The SMILES string of the molecule is NC(=O)c1cnn(-c2ccc(N)cc2)c1. The van der Waals surface area contributed by atoms with Crippen LogP contribution in [0.15, 0.2) is 36.7 Å². The smallest absolute Gasteiger partial charge is 0.251 e. The van der Waals surface area contributed by atoms with Crippen LogP contribution in [0.25, 0.3) is 5.69 Å². The minimum atomic E-state index is -0.489. The zero-order valence-electron chi connectivity index (χ0n) is 7.92. The third-order valence-electron chi connectivity index (χ3n) is 2.02. The maximum Gasteiger partial charge on any atom is 0.251 e. The Hall–Kier alpha value is -2.30. The van der Waals surface area contributed by atoms with Crippen LogP contribution < -0.4 is 11.5 Å². The predicted octanol–water partition coefficient (Wildman–Crippen LogP) is 0.553. The molecule has 2 rings (SSSR count). The zero-order chi connectivity index (χ0) is 10.8. The maximum atomic E-state index is 10.8. The number of carbonyl (C=O) groups is 1. The molecule has 0 spiro atoms. The van der Waals surface area contributed by atoms with E-state index in [0.29, 0.717) is 11.3 Å². The van der Waals surface area contributed by atoms with Crippen LogP contribution in [-0.4, -0.2) is 15.7 Å². The van der Waals surface area contributed by atoms with Crippen LogP contribution in [0.5, 0.6) is 0 Å². The number of benzene rings is 1. The van der Waals surface area contributed by atoms with E-state index in [1.807, 2.05) is 12.1 Å². The summed E-state index contributed by atoms with van der Waals surface area (Å²) in [5.41, 5.74) is 12.6. The molecular formula is C10H10N4O. The molecule has 0 saturated carbocycles. The highest BCUT2D eigenvalue weighted by atomic mass is 16.1. The largest absolute Gasteiger partial charge is 0.399 e. The number of nitrogens with two attached hydrogens (primary N) is 2. The molecule has 0 bridgehead atoms. The van der Waals surface area contributed by atoms with Crippen molar-refractivity contribution in [1.82, 2.24) is 9.78 Å². The van der Waals surface area contributed by atoms with Gasteiger partial charge in [-0.15, -0.1) is 0 Å². The van der Waals surface area contributed by atoms with Gasteiger partial charge >= 0.3 is 0 Å². The van der Waals surface area contributed by atoms with Crippen LogP contribution >= 0.6 is 0 Å². The van der Waals surface area contributed by atoms with Gasteiger partial charge in [0.15, 0.2) is 0 Å². The van der Waals surface area contributed by atoms with E-state index in [9.17, 15) is 4.79 Å². The molecule has 0 atom stereocenters. The molecule has 1 aromatic carbocycles. The fourth-order valence-corrected chi connectivity index (χ4v) is 1.22. The number of hydrogen-bond acceptors (Lipinski definition) is 3. The Labute approximate surface area is 86.3 Å². The van der Waals surface area contributed by atoms with Gasteiger partial charge in [0.05, 0.1) is 17.4 Å². The molecule has 5 nitrogen and oxygen atoms in total. The molecule has 76 valence electrons. The molecule has 0 radical (unpaired) electrons. The Kier molecular flexibility index (Phi) is 2.13. The van der Waals surface area contributed by atoms with Crippen molar-refractivity contribution in [3.8, 4) is 5.69 Å². The molecule has 2 aromatic rings. The minimum Gasteiger partial charge on any atom is -0.399 e. The molecule has 5 heteroatoms. The van der Waals surface area contributed by atoms with Crippen molar-refractivity contribution in [2.24, 2.45) is 5.73 Å². The molecule has 15 heavy (non-hydrogen) atoms. The second-order valence-corrected chi connectivity index (χ2v) is 3.13. The van der Waals surface area contributed by atoms with Crippen molar-refractivity contribution in [2.75, 3.05) is 5.73 Å². The Morgan fingerprint density at radius 2 is 1.93 bits per heavy atom. The Morgan fingerprint density at radius 1 is 1.27 bits per heavy atom. The zero-order valence-corrected chi connectivity index (χ0v) is 7.92. The molecule has 0 saturated heterocycles. The van der Waals surface area contributed by atoms with E-state index in [1.54, 1.807) is 23.0 Å². The Bertz CT molecular complexity index is 486. The first-order valence-corrected chi connectivity index (χ1v) is 4.37. The summed E-state index contributed by atoms with van der Waals surface area (Å²) in [7, 11) is 0. The number of anilines is 1. The molecule has 0 aliphatic rings. The summed E-state index contributed by atoms with van der Waals surface area (Å²) in [5.74, 6) is -0.489. The van der Waals surface area contributed by atoms with Gasteiger partial charge in [-0.25, -0.2) is 4.68 Å². The van der Waals surface area contributed by atoms with Gasteiger partial charge in [-0.05, 0) is 24.3 Å². The highest BCUT2D eigenvalue weighted by molar-refractivity contribution is 5.92. The third kappa shape index (κ3) is 1.80. The number of nitrogen functional groups attached to an aromatic ring is 1. The number of primary amides is 1. The Balaban J connectivity index is 2.37. The van der Waals surface area contributed by atoms with E-state index in [2.05, 4.69) is 5.10 Å². The average Bonchev–Trinajstić information content (AvgIpc) is 2.68. The van der Waals surface area contributed by atoms with Crippen molar-refractivity contribution >= 4 is 11.6 Å². The summed E-state index contributed by atoms with van der Waals surface area (Å²) in [6.45, 7) is 0. The quantitative estimate of drug-likeness (QED) is 0.697. The summed E-state index contributed by atoms with van der Waals surface area (Å²) in [6.07, 6.45) is 3.01. The van der Waals surface area contributed by atoms with E-state index >= 15 is 0 Å². The molecule has 0 unspecified atom stereocenters. The standard InChI is InChI=1S/C10H10N4O/c11-8-1-3-9(4-2-8)14-6-7(5-13-14)10(12)15/h1-6H,11H2,(H2,12,15). The first-order valence-electron chi connectivity index (χ1n) is 4.37. The van der Waals surface area contributed by atoms with Crippen molar-refractivity contribution in [3.63, 3.8) is 0 Å². The van der Waals surface area contributed by atoms with E-state index in [-0.39, 0.29) is 0 Å². The second-order valence-electron chi connectivity index (χ2n) is 3.13. The number of hydrogen-bond donors (Lipinski definition) is 2. The Morgan fingerprint density at radius 3 is 2.47 bits per heavy atom. The first kappa shape index (κ1) is 9.26. The van der Waals surface area contributed by atoms with Crippen molar-refractivity contribution in [3.05, 3.63) is 42.2 Å². The predicted molar refractivity (Wildman–Crippen MR) is 56.5 cm³/mol. The lowest BCUT2D eigenvalue weighted by Crippen LogP contribution is -2.09.